The molecule has 0 saturated heterocycles. The molecule has 15 heteroatoms. The Hall–Kier alpha value is -0.730. The van der Waals surface area contributed by atoms with Crippen molar-refractivity contribution in [2.45, 2.75) is 0 Å². The Balaban J connectivity index is 0. The van der Waals surface area contributed by atoms with Crippen LogP contribution in [0.2, 0.25) is 10.3 Å². The quantitative estimate of drug-likeness (QED) is 0.0868. The van der Waals surface area contributed by atoms with Crippen LogP contribution < -0.4 is 86.2 Å². The summed E-state index contributed by atoms with van der Waals surface area (Å²) in [7, 11) is 0. The van der Waals surface area contributed by atoms with Crippen LogP contribution >= 0.6 is 35.1 Å². The molecule has 0 spiro atoms. The van der Waals surface area contributed by atoms with Crippen molar-refractivity contribution in [2.24, 2.45) is 5.84 Å². The molecule has 4 heterocycles. The normalized spacial score (nSPS) is 8.94. The third kappa shape index (κ3) is 8.61. The van der Waals surface area contributed by atoms with Gasteiger partial charge in [-0.2, -0.15) is 0 Å². The van der Waals surface area contributed by atoms with Gasteiger partial charge in [-0.3, -0.25) is 9.59 Å². The Labute approximate surface area is 234 Å². The number of nitrogens with two attached hydrogens (primary N) is 1. The molecule has 0 amide bonds. The SMILES string of the molecule is NNc1nc(Cl)cc2cc[nH]c(=O)c12.O=c1[nH]ccc2cc(Cl)ncc12.[Na+].[Na+].[O-]Cl.[OH-]. The van der Waals surface area contributed by atoms with Crippen molar-refractivity contribution in [3.8, 4) is 0 Å². The maximum atomic E-state index is 11.4. The summed E-state index contributed by atoms with van der Waals surface area (Å²) in [4.78, 5) is 35.4. The van der Waals surface area contributed by atoms with Gasteiger partial charge in [-0.05, 0) is 35.0 Å². The van der Waals surface area contributed by atoms with E-state index >= 15 is 0 Å². The zero-order chi connectivity index (χ0) is 20.7. The van der Waals surface area contributed by atoms with E-state index in [-0.39, 0.29) is 86.7 Å². The van der Waals surface area contributed by atoms with Crippen LogP contribution in [0.15, 0.2) is 52.4 Å². The van der Waals surface area contributed by atoms with E-state index in [1.54, 1.807) is 36.7 Å². The Morgan fingerprint density at radius 1 is 0.935 bits per heavy atom. The number of nitrogen functional groups attached to an aromatic ring is 1. The molecule has 0 aromatic carbocycles. The number of aromatic nitrogens is 4. The Morgan fingerprint density at radius 2 is 1.48 bits per heavy atom. The Kier molecular flexibility index (Phi) is 16.7. The number of hydrazine groups is 1. The maximum absolute atomic E-state index is 11.4. The summed E-state index contributed by atoms with van der Waals surface area (Å²) >= 11 is 14.8. The molecule has 10 nitrogen and oxygen atoms in total. The fourth-order valence-electron chi connectivity index (χ4n) is 2.34. The summed E-state index contributed by atoms with van der Waals surface area (Å²) in [5.74, 6) is 5.50. The molecule has 0 aliphatic carbocycles. The topological polar surface area (TPSA) is 183 Å². The molecule has 0 unspecified atom stereocenters. The van der Waals surface area contributed by atoms with Gasteiger partial charge in [0.05, 0.1) is 10.8 Å². The maximum Gasteiger partial charge on any atom is 1.00 e. The monoisotopic (exact) mass is 504 g/mol. The number of halogens is 3. The molecule has 0 bridgehead atoms. The van der Waals surface area contributed by atoms with Crippen molar-refractivity contribution in [3.05, 3.63) is 73.9 Å². The fraction of sp³-hybridized carbons (Fsp3) is 0. The van der Waals surface area contributed by atoms with Crippen molar-refractivity contribution < 1.29 is 69.2 Å². The first-order chi connectivity index (χ1) is 13.5. The van der Waals surface area contributed by atoms with E-state index in [9.17, 15) is 9.59 Å². The van der Waals surface area contributed by atoms with Gasteiger partial charge in [0.2, 0.25) is 0 Å². The molecule has 0 aliphatic heterocycles. The van der Waals surface area contributed by atoms with Gasteiger partial charge >= 0.3 is 59.1 Å². The molecule has 4 rings (SSSR count). The minimum Gasteiger partial charge on any atom is -0.870 e. The van der Waals surface area contributed by atoms with E-state index in [1.165, 1.54) is 6.20 Å². The van der Waals surface area contributed by atoms with Crippen LogP contribution in [0.1, 0.15) is 0 Å². The van der Waals surface area contributed by atoms with Gasteiger partial charge in [-0.15, -0.1) is 0 Å². The number of hydrogen-bond acceptors (Lipinski definition) is 8. The van der Waals surface area contributed by atoms with Gasteiger partial charge in [-0.25, -0.2) is 27.7 Å². The number of H-pyrrole nitrogens is 2. The number of anilines is 1. The molecule has 0 aliphatic rings. The predicted octanol–water partition coefficient (Wildman–Crippen LogP) is -4.23. The van der Waals surface area contributed by atoms with Crippen molar-refractivity contribution >= 4 is 62.4 Å². The van der Waals surface area contributed by atoms with Crippen LogP contribution in [0.3, 0.4) is 0 Å². The molecule has 6 N–H and O–H groups in total. The Morgan fingerprint density at radius 3 is 2.10 bits per heavy atom. The minimum absolute atomic E-state index is 0. The number of rotatable bonds is 1. The third-order valence-electron chi connectivity index (χ3n) is 3.48. The second-order valence-electron chi connectivity index (χ2n) is 5.11. The summed E-state index contributed by atoms with van der Waals surface area (Å²) in [5.41, 5.74) is 1.94. The summed E-state index contributed by atoms with van der Waals surface area (Å²) in [5, 5.41) is 3.14. The average Bonchev–Trinajstić information content (AvgIpc) is 2.69. The number of nitrogens with zero attached hydrogens (tertiary/aromatic N) is 2. The van der Waals surface area contributed by atoms with E-state index in [0.29, 0.717) is 21.3 Å². The summed E-state index contributed by atoms with van der Waals surface area (Å²) in [6.45, 7) is 0. The van der Waals surface area contributed by atoms with E-state index in [1.807, 2.05) is 0 Å². The number of pyridine rings is 4. The molecular weight excluding hydrogens is 493 g/mol. The van der Waals surface area contributed by atoms with Crippen molar-refractivity contribution in [2.75, 3.05) is 5.43 Å². The second-order valence-corrected chi connectivity index (χ2v) is 5.88. The van der Waals surface area contributed by atoms with E-state index in [4.69, 9.17) is 33.7 Å². The van der Waals surface area contributed by atoms with E-state index < -0.39 is 0 Å². The van der Waals surface area contributed by atoms with Crippen molar-refractivity contribution in [3.63, 3.8) is 0 Å². The molecule has 0 fully saturated rings. The molecule has 4 aromatic rings. The van der Waals surface area contributed by atoms with Gasteiger partial charge in [0.15, 0.2) is 5.82 Å². The van der Waals surface area contributed by atoms with Crippen molar-refractivity contribution in [1.82, 2.24) is 19.9 Å². The van der Waals surface area contributed by atoms with Gasteiger partial charge in [0.1, 0.15) is 10.3 Å². The zero-order valence-electron chi connectivity index (χ0n) is 16.3. The standard InChI is InChI=1S/C8H7ClN4O.C8H5ClN2O.ClO.2Na.H2O/c9-5-3-4-1-2-11-8(14)6(4)7(12-5)13-10;9-7-3-5-1-2-10-8(12)6(5)4-11-7;1-2;;;/h1-3H,10H2,(H,11,14)(H,12,13);1-4H,(H,10,12);;;;1H2/q;;-1;2*+1;/p-1. The summed E-state index contributed by atoms with van der Waals surface area (Å²) in [6, 6.07) is 6.77. The van der Waals surface area contributed by atoms with E-state index in [0.717, 1.165) is 5.39 Å². The molecule has 4 aromatic heterocycles. The van der Waals surface area contributed by atoms with Crippen LogP contribution in [0, 0.1) is 0 Å². The average molecular weight is 506 g/mol. The van der Waals surface area contributed by atoms with Gasteiger partial charge in [-0.1, -0.05) is 23.2 Å². The fourth-order valence-corrected chi connectivity index (χ4v) is 2.71. The first-order valence-corrected chi connectivity index (χ1v) is 8.49. The first-order valence-electron chi connectivity index (χ1n) is 7.42. The molecule has 31 heavy (non-hydrogen) atoms. The minimum atomic E-state index is -0.250. The van der Waals surface area contributed by atoms with Crippen LogP contribution in [0.4, 0.5) is 5.82 Å². The molecule has 0 atom stereocenters. The predicted molar refractivity (Wildman–Crippen MR) is 110 cm³/mol. The summed E-state index contributed by atoms with van der Waals surface area (Å²) < 4.78 is 7.72. The largest absolute Gasteiger partial charge is 1.00 e. The third-order valence-corrected chi connectivity index (χ3v) is 3.88. The van der Waals surface area contributed by atoms with Crippen molar-refractivity contribution in [1.29, 1.82) is 0 Å². The van der Waals surface area contributed by atoms with Crippen LogP contribution in [-0.2, 0) is 0 Å². The smallest absolute Gasteiger partial charge is 0.870 e. The van der Waals surface area contributed by atoms with Crippen LogP contribution in [0.25, 0.3) is 21.5 Å². The number of hydrogen-bond donors (Lipinski definition) is 4. The number of aromatic amines is 2. The van der Waals surface area contributed by atoms with Gasteiger partial charge < -0.3 is 25.5 Å². The Bertz CT molecular complexity index is 1230. The molecular formula is C16H13Cl3N6Na2O4. The molecule has 0 radical (unpaired) electrons. The zero-order valence-corrected chi connectivity index (χ0v) is 22.6. The second kappa shape index (κ2) is 16.0. The molecule has 0 saturated carbocycles. The van der Waals surface area contributed by atoms with Crippen LogP contribution in [0.5, 0.6) is 0 Å². The molecule has 154 valence electrons. The van der Waals surface area contributed by atoms with Crippen LogP contribution in [-0.4, -0.2) is 25.4 Å². The first kappa shape index (κ1) is 32.4. The van der Waals surface area contributed by atoms with Gasteiger partial charge in [0.25, 0.3) is 11.1 Å². The van der Waals surface area contributed by atoms with E-state index in [2.05, 4.69) is 37.2 Å². The van der Waals surface area contributed by atoms with Gasteiger partial charge in [0, 0.05) is 18.6 Å². The summed E-state index contributed by atoms with van der Waals surface area (Å²) in [6.07, 6.45) is 4.60. The number of fused-ring (bicyclic) bond motifs is 2. The number of nitrogens with one attached hydrogen (secondary N) is 3.